The van der Waals surface area contributed by atoms with E-state index in [9.17, 15) is 4.79 Å². The van der Waals surface area contributed by atoms with Gasteiger partial charge in [0.25, 0.3) is 0 Å². The highest BCUT2D eigenvalue weighted by molar-refractivity contribution is 7.09. The fourth-order valence-electron chi connectivity index (χ4n) is 3.92. The van der Waals surface area contributed by atoms with Gasteiger partial charge in [0.05, 0.1) is 18.5 Å². The number of aromatic nitrogens is 1. The van der Waals surface area contributed by atoms with Gasteiger partial charge in [-0.3, -0.25) is 4.79 Å². The summed E-state index contributed by atoms with van der Waals surface area (Å²) < 4.78 is 12.0. The SMILES string of the molecule is O=C(N(Cc1nccs1)CC1COc2ccccc2O1)C1(c2ccccc2)CC1. The second kappa shape index (κ2) is 7.52. The van der Waals surface area contributed by atoms with Crippen molar-refractivity contribution in [2.75, 3.05) is 13.2 Å². The standard InChI is InChI=1S/C23H22N2O3S/c26-22(23(10-11-23)17-6-2-1-3-7-17)25(15-21-24-12-13-29-21)14-18-16-27-19-8-4-5-9-20(19)28-18/h1-9,12-13,18H,10-11,14-16H2. The molecule has 1 saturated carbocycles. The molecular formula is C23H22N2O3S. The van der Waals surface area contributed by atoms with Crippen LogP contribution in [0.15, 0.2) is 66.2 Å². The molecule has 6 heteroatoms. The first kappa shape index (κ1) is 18.2. The molecule has 148 valence electrons. The molecular weight excluding hydrogens is 384 g/mol. The smallest absolute Gasteiger partial charge is 0.233 e. The molecule has 2 heterocycles. The molecule has 0 saturated heterocycles. The second-order valence-corrected chi connectivity index (χ2v) is 8.54. The lowest BCUT2D eigenvalue weighted by molar-refractivity contribution is -0.136. The Morgan fingerprint density at radius 1 is 1.10 bits per heavy atom. The zero-order valence-electron chi connectivity index (χ0n) is 16.0. The van der Waals surface area contributed by atoms with Crippen molar-refractivity contribution in [2.45, 2.75) is 30.9 Å². The van der Waals surface area contributed by atoms with Crippen molar-refractivity contribution in [3.05, 3.63) is 76.7 Å². The Morgan fingerprint density at radius 3 is 2.59 bits per heavy atom. The van der Waals surface area contributed by atoms with Gasteiger partial charge in [0.2, 0.25) is 5.91 Å². The molecule has 5 nitrogen and oxygen atoms in total. The van der Waals surface area contributed by atoms with Crippen molar-refractivity contribution >= 4 is 17.2 Å². The van der Waals surface area contributed by atoms with Crippen molar-refractivity contribution in [2.24, 2.45) is 0 Å². The molecule has 1 aliphatic heterocycles. The first-order valence-electron chi connectivity index (χ1n) is 9.86. The van der Waals surface area contributed by atoms with Crippen molar-refractivity contribution in [1.29, 1.82) is 0 Å². The molecule has 1 amide bonds. The molecule has 1 aromatic heterocycles. The molecule has 5 rings (SSSR count). The van der Waals surface area contributed by atoms with Crippen molar-refractivity contribution in [1.82, 2.24) is 9.88 Å². The molecule has 2 aromatic carbocycles. The Hall–Kier alpha value is -2.86. The molecule has 1 aliphatic carbocycles. The normalized spacial score (nSPS) is 18.8. The summed E-state index contributed by atoms with van der Waals surface area (Å²) >= 11 is 1.57. The van der Waals surface area contributed by atoms with Crippen LogP contribution in [-0.2, 0) is 16.8 Å². The van der Waals surface area contributed by atoms with E-state index in [1.165, 1.54) is 0 Å². The Balaban J connectivity index is 1.38. The summed E-state index contributed by atoms with van der Waals surface area (Å²) in [6.07, 6.45) is 3.34. The van der Waals surface area contributed by atoms with Crippen LogP contribution in [0.3, 0.4) is 0 Å². The topological polar surface area (TPSA) is 51.7 Å². The first-order valence-corrected chi connectivity index (χ1v) is 10.7. The maximum Gasteiger partial charge on any atom is 0.233 e. The maximum absolute atomic E-state index is 13.7. The molecule has 2 aliphatic rings. The molecule has 1 unspecified atom stereocenters. The highest BCUT2D eigenvalue weighted by atomic mass is 32.1. The number of ether oxygens (including phenoxy) is 2. The minimum absolute atomic E-state index is 0.154. The maximum atomic E-state index is 13.7. The van der Waals surface area contributed by atoms with E-state index in [0.717, 1.165) is 34.9 Å². The lowest BCUT2D eigenvalue weighted by Gasteiger charge is -2.33. The average molecular weight is 407 g/mol. The minimum Gasteiger partial charge on any atom is -0.486 e. The van der Waals surface area contributed by atoms with Gasteiger partial charge in [-0.05, 0) is 30.5 Å². The Bertz CT molecular complexity index is 986. The number of hydrogen-bond donors (Lipinski definition) is 0. The molecule has 1 atom stereocenters. The van der Waals surface area contributed by atoms with E-state index in [1.54, 1.807) is 17.5 Å². The van der Waals surface area contributed by atoms with Gasteiger partial charge >= 0.3 is 0 Å². The van der Waals surface area contributed by atoms with Crippen LogP contribution in [-0.4, -0.2) is 35.0 Å². The molecule has 29 heavy (non-hydrogen) atoms. The van der Waals surface area contributed by atoms with Crippen molar-refractivity contribution < 1.29 is 14.3 Å². The van der Waals surface area contributed by atoms with E-state index in [1.807, 2.05) is 52.7 Å². The Morgan fingerprint density at radius 2 is 1.86 bits per heavy atom. The number of rotatable bonds is 6. The summed E-state index contributed by atoms with van der Waals surface area (Å²) in [7, 11) is 0. The Kier molecular flexibility index (Phi) is 4.72. The predicted molar refractivity (Wildman–Crippen MR) is 111 cm³/mol. The van der Waals surface area contributed by atoms with Gasteiger partial charge in [0.15, 0.2) is 17.6 Å². The minimum atomic E-state index is -0.411. The van der Waals surface area contributed by atoms with Gasteiger partial charge in [-0.2, -0.15) is 0 Å². The summed E-state index contributed by atoms with van der Waals surface area (Å²) in [4.78, 5) is 20.0. The van der Waals surface area contributed by atoms with Crippen LogP contribution in [0.2, 0.25) is 0 Å². The molecule has 0 spiro atoms. The van der Waals surface area contributed by atoms with Crippen LogP contribution < -0.4 is 9.47 Å². The van der Waals surface area contributed by atoms with E-state index < -0.39 is 5.41 Å². The van der Waals surface area contributed by atoms with Gasteiger partial charge in [-0.15, -0.1) is 11.3 Å². The van der Waals surface area contributed by atoms with Crippen LogP contribution in [0.5, 0.6) is 11.5 Å². The summed E-state index contributed by atoms with van der Waals surface area (Å²) in [6, 6.07) is 17.8. The van der Waals surface area contributed by atoms with Crippen molar-refractivity contribution in [3.8, 4) is 11.5 Å². The van der Waals surface area contributed by atoms with Crippen molar-refractivity contribution in [3.63, 3.8) is 0 Å². The third-order valence-electron chi connectivity index (χ3n) is 5.57. The predicted octanol–water partition coefficient (Wildman–Crippen LogP) is 4.04. The highest BCUT2D eigenvalue weighted by Crippen LogP contribution is 2.49. The number of nitrogens with zero attached hydrogens (tertiary/aromatic N) is 2. The van der Waals surface area contributed by atoms with Gasteiger partial charge in [-0.25, -0.2) is 4.98 Å². The number of benzene rings is 2. The number of fused-ring (bicyclic) bond motifs is 1. The van der Waals surface area contributed by atoms with Crippen LogP contribution in [0, 0.1) is 0 Å². The second-order valence-electron chi connectivity index (χ2n) is 7.56. The quantitative estimate of drug-likeness (QED) is 0.620. The van der Waals surface area contributed by atoms with Crippen LogP contribution >= 0.6 is 11.3 Å². The number of carbonyl (C=O) groups excluding carboxylic acids is 1. The van der Waals surface area contributed by atoms with E-state index in [2.05, 4.69) is 17.1 Å². The summed E-state index contributed by atoms with van der Waals surface area (Å²) in [5.74, 6) is 1.64. The number of para-hydroxylation sites is 2. The third kappa shape index (κ3) is 3.60. The fraction of sp³-hybridized carbons (Fsp3) is 0.304. The van der Waals surface area contributed by atoms with Crippen LogP contribution in [0.1, 0.15) is 23.4 Å². The number of hydrogen-bond acceptors (Lipinski definition) is 5. The van der Waals surface area contributed by atoms with E-state index in [-0.39, 0.29) is 12.0 Å². The van der Waals surface area contributed by atoms with Gasteiger partial charge in [0, 0.05) is 11.6 Å². The summed E-state index contributed by atoms with van der Waals surface area (Å²) in [6.45, 7) is 1.39. The van der Waals surface area contributed by atoms with E-state index in [4.69, 9.17) is 9.47 Å². The zero-order chi connectivity index (χ0) is 19.7. The average Bonchev–Trinajstić information content (AvgIpc) is 3.43. The molecule has 1 fully saturated rings. The molecule has 0 bridgehead atoms. The van der Waals surface area contributed by atoms with Gasteiger partial charge < -0.3 is 14.4 Å². The molecule has 0 radical (unpaired) electrons. The number of thiazole rings is 1. The Labute approximate surface area is 173 Å². The van der Waals surface area contributed by atoms with E-state index >= 15 is 0 Å². The van der Waals surface area contributed by atoms with Crippen LogP contribution in [0.25, 0.3) is 0 Å². The molecule has 3 aromatic rings. The van der Waals surface area contributed by atoms with Gasteiger partial charge in [-0.1, -0.05) is 42.5 Å². The lowest BCUT2D eigenvalue weighted by Crippen LogP contribution is -2.46. The summed E-state index contributed by atoms with van der Waals surface area (Å²) in [5, 5.41) is 2.87. The fourth-order valence-corrected chi connectivity index (χ4v) is 4.55. The molecule has 0 N–H and O–H groups in total. The third-order valence-corrected chi connectivity index (χ3v) is 6.34. The van der Waals surface area contributed by atoms with E-state index in [0.29, 0.717) is 19.7 Å². The largest absolute Gasteiger partial charge is 0.486 e. The van der Waals surface area contributed by atoms with Crippen LogP contribution in [0.4, 0.5) is 0 Å². The monoisotopic (exact) mass is 406 g/mol. The number of amides is 1. The highest BCUT2D eigenvalue weighted by Gasteiger charge is 2.53. The summed E-state index contributed by atoms with van der Waals surface area (Å²) in [5.41, 5.74) is 0.687. The number of carbonyl (C=O) groups is 1. The lowest BCUT2D eigenvalue weighted by atomic mass is 9.94. The zero-order valence-corrected chi connectivity index (χ0v) is 16.8. The van der Waals surface area contributed by atoms with Gasteiger partial charge in [0.1, 0.15) is 11.6 Å². The first-order chi connectivity index (χ1) is 14.2.